The van der Waals surface area contributed by atoms with Crippen LogP contribution < -0.4 is 0 Å². The zero-order valence-electron chi connectivity index (χ0n) is 16.0. The van der Waals surface area contributed by atoms with Crippen LogP contribution >= 0.6 is 0 Å². The predicted octanol–water partition coefficient (Wildman–Crippen LogP) is 4.82. The SMILES string of the molecule is CC1CC2=CC(=NO)CC[C@@H]2C2CC[C@@]3(C)C(C4CC4[C@@]34C=CCO4)C12. The fourth-order valence-electron chi connectivity index (χ4n) is 8.72. The van der Waals surface area contributed by atoms with Crippen LogP contribution in [0, 0.1) is 46.8 Å². The number of fused-ring (bicyclic) bond motifs is 9. The Morgan fingerprint density at radius 2 is 2.15 bits per heavy atom. The lowest BCUT2D eigenvalue weighted by Gasteiger charge is -2.59. The third-order valence-electron chi connectivity index (χ3n) is 9.57. The molecule has 0 aromatic rings. The van der Waals surface area contributed by atoms with Crippen molar-refractivity contribution in [1.29, 1.82) is 0 Å². The van der Waals surface area contributed by atoms with Gasteiger partial charge < -0.3 is 9.94 Å². The van der Waals surface area contributed by atoms with Gasteiger partial charge in [-0.3, -0.25) is 0 Å². The summed E-state index contributed by atoms with van der Waals surface area (Å²) in [4.78, 5) is 0. The molecule has 0 aromatic carbocycles. The van der Waals surface area contributed by atoms with Crippen molar-refractivity contribution >= 4 is 5.71 Å². The molecule has 4 fully saturated rings. The molecule has 1 spiro atoms. The van der Waals surface area contributed by atoms with E-state index < -0.39 is 0 Å². The van der Waals surface area contributed by atoms with Crippen molar-refractivity contribution in [2.75, 3.05) is 6.61 Å². The van der Waals surface area contributed by atoms with Crippen molar-refractivity contribution in [1.82, 2.24) is 0 Å². The van der Waals surface area contributed by atoms with Gasteiger partial charge in [-0.25, -0.2) is 0 Å². The highest BCUT2D eigenvalue weighted by Crippen LogP contribution is 2.78. The van der Waals surface area contributed by atoms with E-state index in [-0.39, 0.29) is 5.60 Å². The average Bonchev–Trinajstić information content (AvgIpc) is 3.21. The first-order valence-electron chi connectivity index (χ1n) is 10.8. The van der Waals surface area contributed by atoms with E-state index in [0.29, 0.717) is 5.41 Å². The Bertz CT molecular complexity index is 738. The molecular weight excluding hydrogens is 322 g/mol. The van der Waals surface area contributed by atoms with Gasteiger partial charge in [-0.2, -0.15) is 0 Å². The maximum atomic E-state index is 9.22. The summed E-state index contributed by atoms with van der Waals surface area (Å²) in [7, 11) is 0. The summed E-state index contributed by atoms with van der Waals surface area (Å²) in [6, 6.07) is 0. The zero-order chi connectivity index (χ0) is 17.7. The molecule has 1 heterocycles. The smallest absolute Gasteiger partial charge is 0.0954 e. The van der Waals surface area contributed by atoms with Gasteiger partial charge in [0.05, 0.1) is 17.9 Å². The van der Waals surface area contributed by atoms with Gasteiger partial charge in [0.25, 0.3) is 0 Å². The molecule has 3 nitrogen and oxygen atoms in total. The standard InChI is InChI=1S/C23H31NO2/c1-13-10-14-11-15(24-25)4-5-16(14)17-6-8-22(2)21(20(13)17)18-12-19(18)23(22)7-3-9-26-23/h3,7,11,13,16-21,25H,4-6,8-10,12H2,1-2H3/t13?,16-,17?,18?,19?,20?,21?,22-,23-/m0/s1. The van der Waals surface area contributed by atoms with Crippen LogP contribution in [0.5, 0.6) is 0 Å². The Morgan fingerprint density at radius 3 is 2.92 bits per heavy atom. The molecule has 6 aliphatic rings. The number of hydrogen-bond acceptors (Lipinski definition) is 3. The van der Waals surface area contributed by atoms with Crippen LogP contribution in [0.3, 0.4) is 0 Å². The first-order valence-corrected chi connectivity index (χ1v) is 10.8. The molecule has 1 N–H and O–H groups in total. The molecule has 9 atom stereocenters. The summed E-state index contributed by atoms with van der Waals surface area (Å²) >= 11 is 0. The summed E-state index contributed by atoms with van der Waals surface area (Å²) in [5.74, 6) is 5.71. The maximum Gasteiger partial charge on any atom is 0.0954 e. The molecule has 1 aliphatic heterocycles. The third-order valence-corrected chi connectivity index (χ3v) is 9.57. The van der Waals surface area contributed by atoms with Gasteiger partial charge in [0.15, 0.2) is 0 Å². The van der Waals surface area contributed by atoms with Crippen LogP contribution in [0.1, 0.15) is 52.4 Å². The summed E-state index contributed by atoms with van der Waals surface area (Å²) in [6.45, 7) is 5.90. The van der Waals surface area contributed by atoms with Crippen LogP contribution in [0.2, 0.25) is 0 Å². The van der Waals surface area contributed by atoms with Crippen molar-refractivity contribution in [2.45, 2.75) is 58.0 Å². The molecule has 140 valence electrons. The fourth-order valence-corrected chi connectivity index (χ4v) is 8.72. The van der Waals surface area contributed by atoms with Crippen LogP contribution in [0.25, 0.3) is 0 Å². The van der Waals surface area contributed by atoms with E-state index in [0.717, 1.165) is 60.2 Å². The molecule has 6 unspecified atom stereocenters. The van der Waals surface area contributed by atoms with Gasteiger partial charge in [0.1, 0.15) is 0 Å². The molecule has 0 aromatic heterocycles. The van der Waals surface area contributed by atoms with Gasteiger partial charge in [0.2, 0.25) is 0 Å². The van der Waals surface area contributed by atoms with E-state index >= 15 is 0 Å². The lowest BCUT2D eigenvalue weighted by atomic mass is 9.47. The Kier molecular flexibility index (Phi) is 3.08. The normalized spacial score (nSPS) is 58.2. The van der Waals surface area contributed by atoms with E-state index in [9.17, 15) is 5.21 Å². The summed E-state index contributed by atoms with van der Waals surface area (Å²) < 4.78 is 6.51. The van der Waals surface area contributed by atoms with Crippen molar-refractivity contribution in [2.24, 2.45) is 52.0 Å². The molecule has 5 aliphatic carbocycles. The van der Waals surface area contributed by atoms with Gasteiger partial charge in [0, 0.05) is 5.41 Å². The van der Waals surface area contributed by atoms with Gasteiger partial charge >= 0.3 is 0 Å². The summed E-state index contributed by atoms with van der Waals surface area (Å²) in [6.07, 6.45) is 14.4. The Morgan fingerprint density at radius 1 is 1.27 bits per heavy atom. The number of rotatable bonds is 0. The van der Waals surface area contributed by atoms with E-state index in [1.165, 1.54) is 32.1 Å². The molecule has 3 heteroatoms. The Hall–Kier alpha value is -1.09. The third kappa shape index (κ3) is 1.72. The van der Waals surface area contributed by atoms with Crippen molar-refractivity contribution in [3.63, 3.8) is 0 Å². The predicted molar refractivity (Wildman–Crippen MR) is 101 cm³/mol. The highest BCUT2D eigenvalue weighted by molar-refractivity contribution is 5.96. The summed E-state index contributed by atoms with van der Waals surface area (Å²) in [5.41, 5.74) is 2.89. The highest BCUT2D eigenvalue weighted by Gasteiger charge is 2.76. The minimum Gasteiger partial charge on any atom is -0.411 e. The second-order valence-electron chi connectivity index (χ2n) is 10.4. The lowest BCUT2D eigenvalue weighted by Crippen LogP contribution is -2.56. The van der Waals surface area contributed by atoms with Crippen LogP contribution in [-0.4, -0.2) is 23.1 Å². The van der Waals surface area contributed by atoms with Crippen LogP contribution in [0.15, 0.2) is 29.0 Å². The molecule has 0 saturated heterocycles. The second kappa shape index (κ2) is 5.04. The topological polar surface area (TPSA) is 41.8 Å². The Labute approximate surface area is 156 Å². The van der Waals surface area contributed by atoms with Gasteiger partial charge in [-0.15, -0.1) is 0 Å². The van der Waals surface area contributed by atoms with Crippen molar-refractivity contribution in [3.05, 3.63) is 23.8 Å². The van der Waals surface area contributed by atoms with Crippen molar-refractivity contribution < 1.29 is 9.94 Å². The molecular formula is C23H31NO2. The number of oxime groups is 1. The second-order valence-corrected chi connectivity index (χ2v) is 10.4. The number of hydrogen-bond donors (Lipinski definition) is 1. The largest absolute Gasteiger partial charge is 0.411 e. The maximum absolute atomic E-state index is 9.22. The average molecular weight is 354 g/mol. The Balaban J connectivity index is 1.39. The fraction of sp³-hybridized carbons (Fsp3) is 0.783. The first kappa shape index (κ1) is 15.9. The number of allylic oxidation sites excluding steroid dienone is 2. The quantitative estimate of drug-likeness (QED) is 0.385. The van der Waals surface area contributed by atoms with Gasteiger partial charge in [-0.1, -0.05) is 36.7 Å². The van der Waals surface area contributed by atoms with Crippen LogP contribution in [-0.2, 0) is 4.74 Å². The lowest BCUT2D eigenvalue weighted by molar-refractivity contribution is -0.138. The highest BCUT2D eigenvalue weighted by atomic mass is 16.5. The number of nitrogens with zero attached hydrogens (tertiary/aromatic N) is 1. The van der Waals surface area contributed by atoms with Crippen LogP contribution in [0.4, 0.5) is 0 Å². The molecule has 6 rings (SSSR count). The minimum absolute atomic E-state index is 0.0619. The van der Waals surface area contributed by atoms with E-state index in [1.807, 2.05) is 0 Å². The first-order chi connectivity index (χ1) is 12.6. The van der Waals surface area contributed by atoms with E-state index in [2.05, 4.69) is 37.2 Å². The minimum atomic E-state index is 0.0619. The van der Waals surface area contributed by atoms with E-state index in [4.69, 9.17) is 4.74 Å². The molecule has 0 bridgehead atoms. The summed E-state index contributed by atoms with van der Waals surface area (Å²) in [5, 5.41) is 12.7. The van der Waals surface area contributed by atoms with Crippen molar-refractivity contribution in [3.8, 4) is 0 Å². The molecule has 0 radical (unpaired) electrons. The monoisotopic (exact) mass is 353 g/mol. The van der Waals surface area contributed by atoms with E-state index in [1.54, 1.807) is 5.57 Å². The molecule has 26 heavy (non-hydrogen) atoms. The molecule has 4 saturated carbocycles. The zero-order valence-corrected chi connectivity index (χ0v) is 16.0. The van der Waals surface area contributed by atoms with Gasteiger partial charge in [-0.05, 0) is 86.0 Å². The molecule has 0 amide bonds. The number of ether oxygens (including phenoxy) is 1.